The molecule has 6 heteroatoms. The van der Waals surface area contributed by atoms with E-state index in [1.807, 2.05) is 54.6 Å². The maximum Gasteiger partial charge on any atom is 0.255 e. The van der Waals surface area contributed by atoms with Crippen LogP contribution in [0.5, 0.6) is 0 Å². The van der Waals surface area contributed by atoms with Gasteiger partial charge in [-0.3, -0.25) is 9.52 Å². The molecule has 0 aromatic heterocycles. The van der Waals surface area contributed by atoms with Crippen LogP contribution in [-0.4, -0.2) is 20.1 Å². The molecule has 144 valence electrons. The lowest BCUT2D eigenvalue weighted by atomic mass is 10.0. The molecule has 3 rings (SSSR count). The predicted octanol–water partition coefficient (Wildman–Crippen LogP) is 4.76. The van der Waals surface area contributed by atoms with Gasteiger partial charge < -0.3 is 5.32 Å². The largest absolute Gasteiger partial charge is 0.321 e. The molecule has 3 aromatic carbocycles. The number of amides is 1. The van der Waals surface area contributed by atoms with Crippen molar-refractivity contribution in [3.05, 3.63) is 84.4 Å². The van der Waals surface area contributed by atoms with Crippen LogP contribution in [0.2, 0.25) is 0 Å². The van der Waals surface area contributed by atoms with Crippen LogP contribution in [0.3, 0.4) is 0 Å². The molecule has 1 amide bonds. The third-order valence-electron chi connectivity index (χ3n) is 4.13. The maximum atomic E-state index is 12.8. The summed E-state index contributed by atoms with van der Waals surface area (Å²) in [5.74, 6) is -0.270. The normalized spacial score (nSPS) is 11.0. The summed E-state index contributed by atoms with van der Waals surface area (Å²) in [6.45, 7) is 1.80. The van der Waals surface area contributed by atoms with Gasteiger partial charge in [-0.05, 0) is 36.2 Å². The summed E-state index contributed by atoms with van der Waals surface area (Å²) < 4.78 is 26.4. The maximum absolute atomic E-state index is 12.8. The molecular weight excluding hydrogens is 372 g/mol. The second-order valence-corrected chi connectivity index (χ2v) is 8.21. The first-order valence-electron chi connectivity index (χ1n) is 9.05. The Bertz CT molecular complexity index is 1060. The molecule has 0 spiro atoms. The number of carbonyl (C=O) groups excluding carboxylic acids is 1. The molecule has 0 heterocycles. The molecule has 0 aliphatic heterocycles. The van der Waals surface area contributed by atoms with E-state index in [4.69, 9.17) is 0 Å². The summed E-state index contributed by atoms with van der Waals surface area (Å²) in [4.78, 5) is 12.8. The van der Waals surface area contributed by atoms with Gasteiger partial charge in [0.05, 0.1) is 5.75 Å². The molecule has 0 unspecified atom stereocenters. The van der Waals surface area contributed by atoms with E-state index in [-0.39, 0.29) is 11.7 Å². The lowest BCUT2D eigenvalue weighted by molar-refractivity contribution is 0.102. The summed E-state index contributed by atoms with van der Waals surface area (Å²) in [5, 5.41) is 2.92. The Hall–Kier alpha value is -3.12. The van der Waals surface area contributed by atoms with Crippen LogP contribution >= 0.6 is 0 Å². The Kier molecular flexibility index (Phi) is 6.11. The van der Waals surface area contributed by atoms with Gasteiger partial charge in [-0.1, -0.05) is 61.5 Å². The number of nitrogens with one attached hydrogen (secondary N) is 2. The Morgan fingerprint density at radius 2 is 1.61 bits per heavy atom. The summed E-state index contributed by atoms with van der Waals surface area (Å²) >= 11 is 0. The highest BCUT2D eigenvalue weighted by atomic mass is 32.2. The second-order valence-electron chi connectivity index (χ2n) is 6.37. The monoisotopic (exact) mass is 394 g/mol. The zero-order valence-electron chi connectivity index (χ0n) is 15.6. The highest BCUT2D eigenvalue weighted by molar-refractivity contribution is 7.92. The van der Waals surface area contributed by atoms with E-state index in [2.05, 4.69) is 10.0 Å². The first kappa shape index (κ1) is 19.6. The summed E-state index contributed by atoms with van der Waals surface area (Å²) in [5.41, 5.74) is 3.35. The van der Waals surface area contributed by atoms with E-state index >= 15 is 0 Å². The van der Waals surface area contributed by atoms with Gasteiger partial charge in [-0.2, -0.15) is 0 Å². The van der Waals surface area contributed by atoms with Crippen LogP contribution in [0.25, 0.3) is 11.1 Å². The highest BCUT2D eigenvalue weighted by Gasteiger charge is 2.13. The molecule has 0 atom stereocenters. The van der Waals surface area contributed by atoms with E-state index in [0.717, 1.165) is 11.1 Å². The Morgan fingerprint density at radius 1 is 0.893 bits per heavy atom. The second kappa shape index (κ2) is 8.71. The number of benzene rings is 3. The van der Waals surface area contributed by atoms with Crippen molar-refractivity contribution in [2.75, 3.05) is 15.8 Å². The smallest absolute Gasteiger partial charge is 0.255 e. The van der Waals surface area contributed by atoms with Gasteiger partial charge in [-0.25, -0.2) is 8.42 Å². The van der Waals surface area contributed by atoms with E-state index < -0.39 is 10.0 Å². The van der Waals surface area contributed by atoms with Crippen LogP contribution in [-0.2, 0) is 10.0 Å². The van der Waals surface area contributed by atoms with Gasteiger partial charge in [0.2, 0.25) is 10.0 Å². The molecule has 28 heavy (non-hydrogen) atoms. The van der Waals surface area contributed by atoms with Crippen LogP contribution in [0.4, 0.5) is 11.4 Å². The zero-order chi connectivity index (χ0) is 20.0. The molecule has 0 radical (unpaired) electrons. The van der Waals surface area contributed by atoms with Gasteiger partial charge in [0, 0.05) is 22.5 Å². The average Bonchev–Trinajstić information content (AvgIpc) is 2.69. The minimum Gasteiger partial charge on any atom is -0.321 e. The third-order valence-corrected chi connectivity index (χ3v) is 5.62. The van der Waals surface area contributed by atoms with Crippen molar-refractivity contribution >= 4 is 27.3 Å². The number of hydrogen-bond acceptors (Lipinski definition) is 3. The van der Waals surface area contributed by atoms with E-state index in [9.17, 15) is 13.2 Å². The van der Waals surface area contributed by atoms with Crippen molar-refractivity contribution in [2.45, 2.75) is 13.3 Å². The fourth-order valence-electron chi connectivity index (χ4n) is 2.88. The number of carbonyl (C=O) groups is 1. The predicted molar refractivity (Wildman–Crippen MR) is 114 cm³/mol. The van der Waals surface area contributed by atoms with Crippen molar-refractivity contribution in [2.24, 2.45) is 0 Å². The lowest BCUT2D eigenvalue weighted by Crippen LogP contribution is -2.17. The van der Waals surface area contributed by atoms with Crippen molar-refractivity contribution in [3.63, 3.8) is 0 Å². The van der Waals surface area contributed by atoms with Gasteiger partial charge >= 0.3 is 0 Å². The Balaban J connectivity index is 1.82. The molecule has 0 bridgehead atoms. The molecule has 0 saturated carbocycles. The SMILES string of the molecule is CCCS(=O)(=O)Nc1cccc(C(=O)Nc2ccccc2-c2ccccc2)c1. The van der Waals surface area contributed by atoms with Crippen molar-refractivity contribution in [3.8, 4) is 11.1 Å². The van der Waals surface area contributed by atoms with E-state index in [1.54, 1.807) is 25.1 Å². The fraction of sp³-hybridized carbons (Fsp3) is 0.136. The van der Waals surface area contributed by atoms with Gasteiger partial charge in [0.1, 0.15) is 0 Å². The number of rotatable bonds is 7. The van der Waals surface area contributed by atoms with Crippen molar-refractivity contribution in [1.29, 1.82) is 0 Å². The quantitative estimate of drug-likeness (QED) is 0.607. The number of para-hydroxylation sites is 1. The summed E-state index contributed by atoms with van der Waals surface area (Å²) in [6.07, 6.45) is 0.520. The fourth-order valence-corrected chi connectivity index (χ4v) is 4.00. The van der Waals surface area contributed by atoms with Gasteiger partial charge in [-0.15, -0.1) is 0 Å². The molecule has 3 aromatic rings. The minimum absolute atomic E-state index is 0.0356. The molecule has 0 aliphatic rings. The minimum atomic E-state index is -3.41. The number of anilines is 2. The molecule has 0 fully saturated rings. The first-order chi connectivity index (χ1) is 13.5. The summed E-state index contributed by atoms with van der Waals surface area (Å²) in [7, 11) is -3.41. The number of sulfonamides is 1. The molecule has 5 nitrogen and oxygen atoms in total. The first-order valence-corrected chi connectivity index (χ1v) is 10.7. The standard InChI is InChI=1S/C22H22N2O3S/c1-2-15-28(26,27)24-19-12-8-11-18(16-19)22(25)23-21-14-7-6-13-20(21)17-9-4-3-5-10-17/h3-14,16,24H,2,15H2,1H3,(H,23,25). The molecule has 0 aliphatic carbocycles. The summed E-state index contributed by atoms with van der Waals surface area (Å²) in [6, 6.07) is 23.8. The van der Waals surface area contributed by atoms with E-state index in [0.29, 0.717) is 23.4 Å². The van der Waals surface area contributed by atoms with Crippen LogP contribution in [0.15, 0.2) is 78.9 Å². The van der Waals surface area contributed by atoms with Crippen molar-refractivity contribution in [1.82, 2.24) is 0 Å². The zero-order valence-corrected chi connectivity index (χ0v) is 16.4. The number of hydrogen-bond donors (Lipinski definition) is 2. The molecule has 2 N–H and O–H groups in total. The van der Waals surface area contributed by atoms with Crippen molar-refractivity contribution < 1.29 is 13.2 Å². The topological polar surface area (TPSA) is 75.3 Å². The van der Waals surface area contributed by atoms with Gasteiger partial charge in [0.25, 0.3) is 5.91 Å². The Morgan fingerprint density at radius 3 is 2.36 bits per heavy atom. The Labute approximate surface area is 165 Å². The van der Waals surface area contributed by atoms with Crippen LogP contribution in [0, 0.1) is 0 Å². The molecular formula is C22H22N2O3S. The highest BCUT2D eigenvalue weighted by Crippen LogP contribution is 2.28. The third kappa shape index (κ3) is 4.98. The lowest BCUT2D eigenvalue weighted by Gasteiger charge is -2.12. The van der Waals surface area contributed by atoms with Crippen LogP contribution in [0.1, 0.15) is 23.7 Å². The van der Waals surface area contributed by atoms with Crippen LogP contribution < -0.4 is 10.0 Å². The van der Waals surface area contributed by atoms with Gasteiger partial charge in [0.15, 0.2) is 0 Å². The average molecular weight is 394 g/mol. The molecule has 0 saturated heterocycles. The van der Waals surface area contributed by atoms with E-state index in [1.165, 1.54) is 6.07 Å².